The van der Waals surface area contributed by atoms with Crippen molar-refractivity contribution in [3.63, 3.8) is 0 Å². The molecule has 2 rings (SSSR count). The largest absolute Gasteiger partial charge is 0.511 e. The number of hydrogen-bond acceptors (Lipinski definition) is 5. The summed E-state index contributed by atoms with van der Waals surface area (Å²) in [5.74, 6) is -1.54. The SMILES string of the molecule is CCC=C(C)C[C@H](C)C[C@H](C)C(O)=C1C(=O)N[C@@H]([C@@H](O)c2ccc(O)cc2)C1=O. The van der Waals surface area contributed by atoms with Gasteiger partial charge in [0.1, 0.15) is 29.2 Å². The lowest BCUT2D eigenvalue weighted by atomic mass is 9.88. The number of nitrogens with one attached hydrogen (secondary N) is 1. The number of allylic oxidation sites excluding steroid dienone is 3. The molecule has 158 valence electrons. The standard InChI is InChI=1S/C23H31NO5/c1-5-6-13(2)11-14(3)12-15(4)20(26)18-22(28)19(24-23(18)29)21(27)16-7-9-17(25)10-8-16/h6-10,14-15,19,21,25-27H,5,11-12H2,1-4H3,(H,24,29)/t14-,15-,19-,21-/m0/s1. The predicted molar refractivity (Wildman–Crippen MR) is 111 cm³/mol. The third-order valence-corrected chi connectivity index (χ3v) is 5.29. The van der Waals surface area contributed by atoms with E-state index in [4.69, 9.17) is 0 Å². The van der Waals surface area contributed by atoms with Crippen LogP contribution in [-0.2, 0) is 9.59 Å². The number of rotatable bonds is 8. The van der Waals surface area contributed by atoms with Gasteiger partial charge in [-0.05, 0) is 49.8 Å². The zero-order chi connectivity index (χ0) is 21.7. The van der Waals surface area contributed by atoms with Crippen molar-refractivity contribution >= 4 is 11.7 Å². The smallest absolute Gasteiger partial charge is 0.259 e. The topological polar surface area (TPSA) is 107 Å². The molecule has 0 radical (unpaired) electrons. The lowest BCUT2D eigenvalue weighted by Crippen LogP contribution is -2.35. The molecule has 4 N–H and O–H groups in total. The van der Waals surface area contributed by atoms with Gasteiger partial charge in [-0.15, -0.1) is 0 Å². The molecule has 0 saturated carbocycles. The molecular formula is C23H31NO5. The van der Waals surface area contributed by atoms with Crippen LogP contribution in [0.3, 0.4) is 0 Å². The summed E-state index contributed by atoms with van der Waals surface area (Å²) < 4.78 is 0. The van der Waals surface area contributed by atoms with E-state index >= 15 is 0 Å². The van der Waals surface area contributed by atoms with Gasteiger partial charge in [0.15, 0.2) is 5.78 Å². The Balaban J connectivity index is 2.14. The van der Waals surface area contributed by atoms with Gasteiger partial charge in [-0.2, -0.15) is 0 Å². The molecule has 1 fully saturated rings. The van der Waals surface area contributed by atoms with Crippen molar-refractivity contribution in [3.8, 4) is 5.75 Å². The average Bonchev–Trinajstić information content (AvgIpc) is 2.95. The van der Waals surface area contributed by atoms with Crippen LogP contribution in [0, 0.1) is 11.8 Å². The number of phenols is 1. The summed E-state index contributed by atoms with van der Waals surface area (Å²) >= 11 is 0. The molecule has 1 aliphatic rings. The molecule has 0 unspecified atom stereocenters. The fraction of sp³-hybridized carbons (Fsp3) is 0.478. The van der Waals surface area contributed by atoms with Crippen molar-refractivity contribution in [2.75, 3.05) is 0 Å². The van der Waals surface area contributed by atoms with E-state index in [0.717, 1.165) is 12.8 Å². The highest BCUT2D eigenvalue weighted by atomic mass is 16.3. The number of aromatic hydroxyl groups is 1. The number of aliphatic hydroxyl groups is 2. The van der Waals surface area contributed by atoms with Gasteiger partial charge in [0, 0.05) is 5.92 Å². The molecule has 29 heavy (non-hydrogen) atoms. The van der Waals surface area contributed by atoms with Crippen molar-refractivity contribution < 1.29 is 24.9 Å². The first-order chi connectivity index (χ1) is 13.6. The average molecular weight is 402 g/mol. The zero-order valence-electron chi connectivity index (χ0n) is 17.5. The normalized spacial score (nSPS) is 22.2. The van der Waals surface area contributed by atoms with Crippen LogP contribution in [0.5, 0.6) is 5.75 Å². The first-order valence-corrected chi connectivity index (χ1v) is 10.1. The number of phenolic OH excluding ortho intramolecular Hbond substituents is 1. The summed E-state index contributed by atoms with van der Waals surface area (Å²) in [6.45, 7) is 8.03. The summed E-state index contributed by atoms with van der Waals surface area (Å²) in [5.41, 5.74) is 1.40. The molecule has 0 aromatic heterocycles. The Kier molecular flexibility index (Phi) is 7.62. The molecule has 0 aliphatic carbocycles. The maximum absolute atomic E-state index is 12.8. The zero-order valence-corrected chi connectivity index (χ0v) is 17.5. The van der Waals surface area contributed by atoms with Crippen molar-refractivity contribution in [1.82, 2.24) is 5.32 Å². The molecule has 1 saturated heterocycles. The number of aliphatic hydroxyl groups excluding tert-OH is 2. The van der Waals surface area contributed by atoms with Gasteiger partial charge in [0.25, 0.3) is 5.91 Å². The summed E-state index contributed by atoms with van der Waals surface area (Å²) in [6.07, 6.45) is 3.40. The Morgan fingerprint density at radius 2 is 1.83 bits per heavy atom. The molecule has 1 heterocycles. The number of amides is 1. The summed E-state index contributed by atoms with van der Waals surface area (Å²) in [6, 6.07) is 4.59. The number of Topliss-reactive ketones (excluding diaryl/α,β-unsaturated/α-hetero) is 1. The summed E-state index contributed by atoms with van der Waals surface area (Å²) in [5, 5.41) is 33.0. The second-order valence-electron chi connectivity index (χ2n) is 8.02. The van der Waals surface area contributed by atoms with Crippen molar-refractivity contribution in [3.05, 3.63) is 52.8 Å². The van der Waals surface area contributed by atoms with E-state index in [1.807, 2.05) is 0 Å². The molecule has 1 amide bonds. The summed E-state index contributed by atoms with van der Waals surface area (Å²) in [4.78, 5) is 25.1. The molecule has 6 heteroatoms. The molecule has 4 atom stereocenters. The van der Waals surface area contributed by atoms with Gasteiger partial charge in [-0.1, -0.05) is 44.6 Å². The van der Waals surface area contributed by atoms with E-state index in [1.54, 1.807) is 6.92 Å². The van der Waals surface area contributed by atoms with Crippen molar-refractivity contribution in [2.24, 2.45) is 11.8 Å². The number of carbonyl (C=O) groups is 2. The third-order valence-electron chi connectivity index (χ3n) is 5.29. The van der Waals surface area contributed by atoms with Gasteiger partial charge >= 0.3 is 0 Å². The Bertz CT molecular complexity index is 809. The number of benzene rings is 1. The molecule has 6 nitrogen and oxygen atoms in total. The molecule has 1 aromatic carbocycles. The minimum atomic E-state index is -1.27. The number of ketones is 1. The van der Waals surface area contributed by atoms with Crippen LogP contribution in [0.15, 0.2) is 47.2 Å². The maximum atomic E-state index is 12.8. The second kappa shape index (κ2) is 9.74. The van der Waals surface area contributed by atoms with Crippen LogP contribution in [-0.4, -0.2) is 33.1 Å². The maximum Gasteiger partial charge on any atom is 0.259 e. The highest BCUT2D eigenvalue weighted by molar-refractivity contribution is 6.27. The second-order valence-corrected chi connectivity index (χ2v) is 8.02. The fourth-order valence-corrected chi connectivity index (χ4v) is 3.90. The van der Waals surface area contributed by atoms with Crippen LogP contribution in [0.2, 0.25) is 0 Å². The molecule has 0 bridgehead atoms. The number of hydrogen-bond donors (Lipinski definition) is 4. The Hall–Kier alpha value is -2.60. The van der Waals surface area contributed by atoms with Gasteiger partial charge in [-0.3, -0.25) is 9.59 Å². The highest BCUT2D eigenvalue weighted by Crippen LogP contribution is 2.30. The van der Waals surface area contributed by atoms with Gasteiger partial charge in [0.05, 0.1) is 0 Å². The fourth-order valence-electron chi connectivity index (χ4n) is 3.90. The van der Waals surface area contributed by atoms with Crippen LogP contribution >= 0.6 is 0 Å². The van der Waals surface area contributed by atoms with E-state index in [1.165, 1.54) is 29.8 Å². The van der Waals surface area contributed by atoms with E-state index in [9.17, 15) is 24.9 Å². The first-order valence-electron chi connectivity index (χ1n) is 10.1. The van der Waals surface area contributed by atoms with Crippen molar-refractivity contribution in [2.45, 2.75) is 59.1 Å². The van der Waals surface area contributed by atoms with Gasteiger partial charge in [-0.25, -0.2) is 0 Å². The molecule has 1 aliphatic heterocycles. The van der Waals surface area contributed by atoms with Crippen LogP contribution < -0.4 is 5.32 Å². The molecular weight excluding hydrogens is 370 g/mol. The number of carbonyl (C=O) groups excluding carboxylic acids is 2. The lowest BCUT2D eigenvalue weighted by molar-refractivity contribution is -0.118. The molecule has 0 spiro atoms. The minimum absolute atomic E-state index is 0.0351. The first kappa shape index (κ1) is 22.7. The Morgan fingerprint density at radius 3 is 2.41 bits per heavy atom. The summed E-state index contributed by atoms with van der Waals surface area (Å²) in [7, 11) is 0. The van der Waals surface area contributed by atoms with Gasteiger partial charge < -0.3 is 20.6 Å². The third kappa shape index (κ3) is 5.48. The van der Waals surface area contributed by atoms with Crippen LogP contribution in [0.25, 0.3) is 0 Å². The van der Waals surface area contributed by atoms with E-state index < -0.39 is 23.8 Å². The van der Waals surface area contributed by atoms with Gasteiger partial charge in [0.2, 0.25) is 0 Å². The Morgan fingerprint density at radius 1 is 1.21 bits per heavy atom. The lowest BCUT2D eigenvalue weighted by Gasteiger charge is -2.18. The quantitative estimate of drug-likeness (QED) is 0.230. The van der Waals surface area contributed by atoms with Crippen LogP contribution in [0.4, 0.5) is 0 Å². The predicted octanol–water partition coefficient (Wildman–Crippen LogP) is 3.71. The van der Waals surface area contributed by atoms with E-state index in [-0.39, 0.29) is 28.9 Å². The monoisotopic (exact) mass is 401 g/mol. The van der Waals surface area contributed by atoms with Crippen LogP contribution in [0.1, 0.15) is 58.6 Å². The minimum Gasteiger partial charge on any atom is -0.511 e. The highest BCUT2D eigenvalue weighted by Gasteiger charge is 2.43. The van der Waals surface area contributed by atoms with Crippen molar-refractivity contribution in [1.29, 1.82) is 0 Å². The Labute approximate surface area is 172 Å². The van der Waals surface area contributed by atoms with E-state index in [0.29, 0.717) is 12.0 Å². The van der Waals surface area contributed by atoms with E-state index in [2.05, 4.69) is 32.2 Å². The molecule has 1 aromatic rings.